The number of hydrogen-bond donors (Lipinski definition) is 1. The van der Waals surface area contributed by atoms with Gasteiger partial charge in [0.15, 0.2) is 0 Å². The van der Waals surface area contributed by atoms with Gasteiger partial charge in [0, 0.05) is 21.2 Å². The Morgan fingerprint density at radius 2 is 1.86 bits per heavy atom. The van der Waals surface area contributed by atoms with Crippen molar-refractivity contribution in [2.24, 2.45) is 5.73 Å². The summed E-state index contributed by atoms with van der Waals surface area (Å²) in [7, 11) is 0. The molecule has 2 N–H and O–H groups in total. The molecule has 0 radical (unpaired) electrons. The molecule has 110 valence electrons. The van der Waals surface area contributed by atoms with E-state index in [0.29, 0.717) is 6.54 Å². The van der Waals surface area contributed by atoms with E-state index in [1.807, 2.05) is 23.5 Å². The van der Waals surface area contributed by atoms with E-state index in [1.165, 1.54) is 50.6 Å². The van der Waals surface area contributed by atoms with Crippen LogP contribution in [-0.4, -0.2) is 5.75 Å². The minimum absolute atomic E-state index is 0.608. The Labute approximate surface area is 135 Å². The van der Waals surface area contributed by atoms with E-state index < -0.39 is 0 Å². The molecule has 0 bridgehead atoms. The van der Waals surface area contributed by atoms with Gasteiger partial charge in [-0.05, 0) is 66.0 Å². The molecule has 1 aliphatic rings. The summed E-state index contributed by atoms with van der Waals surface area (Å²) >= 11 is 3.73. The van der Waals surface area contributed by atoms with Crippen molar-refractivity contribution in [2.45, 2.75) is 47.4 Å². The maximum absolute atomic E-state index is 6.00. The Morgan fingerprint density at radius 1 is 1.05 bits per heavy atom. The van der Waals surface area contributed by atoms with Gasteiger partial charge < -0.3 is 5.73 Å². The first-order valence-electron chi connectivity index (χ1n) is 7.56. The van der Waals surface area contributed by atoms with Crippen molar-refractivity contribution in [1.29, 1.82) is 0 Å². The predicted octanol–water partition coefficient (Wildman–Crippen LogP) is 4.90. The molecule has 0 atom stereocenters. The Kier molecular flexibility index (Phi) is 4.94. The van der Waals surface area contributed by atoms with Crippen LogP contribution in [0.15, 0.2) is 51.1 Å². The normalized spacial score (nSPS) is 13.4. The molecule has 0 aliphatic heterocycles. The summed E-state index contributed by atoms with van der Waals surface area (Å²) < 4.78 is 0. The van der Waals surface area contributed by atoms with E-state index in [-0.39, 0.29) is 0 Å². The summed E-state index contributed by atoms with van der Waals surface area (Å²) in [6.07, 6.45) is 3.79. The van der Waals surface area contributed by atoms with Gasteiger partial charge in [0.2, 0.25) is 0 Å². The molecule has 21 heavy (non-hydrogen) atoms. The largest absolute Gasteiger partial charge is 0.326 e. The quantitative estimate of drug-likeness (QED) is 0.795. The van der Waals surface area contributed by atoms with E-state index >= 15 is 0 Å². The van der Waals surface area contributed by atoms with Gasteiger partial charge in [0.1, 0.15) is 0 Å². The lowest BCUT2D eigenvalue weighted by molar-refractivity contribution is 0.911. The van der Waals surface area contributed by atoms with Gasteiger partial charge in [0.05, 0.1) is 0 Å². The zero-order valence-electron chi connectivity index (χ0n) is 12.4. The monoisotopic (exact) mass is 315 g/mol. The van der Waals surface area contributed by atoms with Gasteiger partial charge >= 0.3 is 0 Å². The molecule has 0 spiro atoms. The number of benzene rings is 2. The number of aryl methyl sites for hydroxylation is 2. The summed E-state index contributed by atoms with van der Waals surface area (Å²) in [5, 5.41) is 0. The maximum atomic E-state index is 6.00. The molecule has 0 saturated carbocycles. The lowest BCUT2D eigenvalue weighted by atomic mass is 10.1. The van der Waals surface area contributed by atoms with Crippen LogP contribution in [0.3, 0.4) is 0 Å². The minimum atomic E-state index is 0.608. The fraction of sp³-hybridized carbons (Fsp3) is 0.333. The third-order valence-electron chi connectivity index (χ3n) is 3.89. The third-order valence-corrected chi connectivity index (χ3v) is 5.97. The second-order valence-corrected chi connectivity index (χ2v) is 7.68. The lowest BCUT2D eigenvalue weighted by Gasteiger charge is -2.13. The first kappa shape index (κ1) is 15.0. The van der Waals surface area contributed by atoms with Gasteiger partial charge in [-0.3, -0.25) is 0 Å². The maximum Gasteiger partial charge on any atom is 0.0200 e. The SMILES string of the molecule is CCSc1cccc(Sc2ccc3c(c2)CCC3)c1CN. The van der Waals surface area contributed by atoms with E-state index in [9.17, 15) is 0 Å². The van der Waals surface area contributed by atoms with Crippen molar-refractivity contribution < 1.29 is 0 Å². The highest BCUT2D eigenvalue weighted by molar-refractivity contribution is 8.00. The highest BCUT2D eigenvalue weighted by atomic mass is 32.2. The van der Waals surface area contributed by atoms with Crippen LogP contribution in [0.2, 0.25) is 0 Å². The molecule has 0 fully saturated rings. The summed E-state index contributed by atoms with van der Waals surface area (Å²) in [6, 6.07) is 13.5. The van der Waals surface area contributed by atoms with Crippen LogP contribution < -0.4 is 5.73 Å². The van der Waals surface area contributed by atoms with Crippen LogP contribution in [0.5, 0.6) is 0 Å². The zero-order chi connectivity index (χ0) is 14.7. The summed E-state index contributed by atoms with van der Waals surface area (Å²) in [5.74, 6) is 1.08. The van der Waals surface area contributed by atoms with E-state index in [0.717, 1.165) is 5.75 Å². The molecular weight excluding hydrogens is 294 g/mol. The molecular formula is C18H21NS2. The van der Waals surface area contributed by atoms with Crippen molar-refractivity contribution in [1.82, 2.24) is 0 Å². The third kappa shape index (κ3) is 3.31. The van der Waals surface area contributed by atoms with E-state index in [1.54, 1.807) is 0 Å². The standard InChI is InChI=1S/C18H21NS2/c1-2-20-17-7-4-8-18(16(17)12-19)21-15-10-9-13-5-3-6-14(13)11-15/h4,7-11H,2-3,5-6,12,19H2,1H3. The Hall–Kier alpha value is -0.900. The molecule has 0 unspecified atom stereocenters. The molecule has 1 nitrogen and oxygen atoms in total. The highest BCUT2D eigenvalue weighted by Crippen LogP contribution is 2.36. The summed E-state index contributed by atoms with van der Waals surface area (Å²) in [5.41, 5.74) is 10.4. The highest BCUT2D eigenvalue weighted by Gasteiger charge is 2.13. The first-order chi connectivity index (χ1) is 10.3. The first-order valence-corrected chi connectivity index (χ1v) is 9.36. The van der Waals surface area contributed by atoms with Crippen molar-refractivity contribution in [3.8, 4) is 0 Å². The number of thioether (sulfide) groups is 1. The predicted molar refractivity (Wildman–Crippen MR) is 93.3 cm³/mol. The van der Waals surface area contributed by atoms with Crippen molar-refractivity contribution >= 4 is 23.5 Å². The topological polar surface area (TPSA) is 26.0 Å². The van der Waals surface area contributed by atoms with E-state index in [2.05, 4.69) is 43.3 Å². The fourth-order valence-electron chi connectivity index (χ4n) is 2.87. The van der Waals surface area contributed by atoms with Crippen LogP contribution in [0.25, 0.3) is 0 Å². The van der Waals surface area contributed by atoms with Crippen LogP contribution in [0.1, 0.15) is 30.0 Å². The van der Waals surface area contributed by atoms with Gasteiger partial charge in [0.25, 0.3) is 0 Å². The van der Waals surface area contributed by atoms with Crippen LogP contribution in [0.4, 0.5) is 0 Å². The molecule has 0 aromatic heterocycles. The Balaban J connectivity index is 1.89. The number of hydrogen-bond acceptors (Lipinski definition) is 3. The number of nitrogens with two attached hydrogens (primary N) is 1. The van der Waals surface area contributed by atoms with Crippen LogP contribution in [0, 0.1) is 0 Å². The number of rotatable bonds is 5. The molecule has 1 aliphatic carbocycles. The Bertz CT molecular complexity index is 637. The molecule has 0 amide bonds. The van der Waals surface area contributed by atoms with Crippen molar-refractivity contribution in [2.75, 3.05) is 5.75 Å². The van der Waals surface area contributed by atoms with Gasteiger partial charge in [-0.2, -0.15) is 0 Å². The van der Waals surface area contributed by atoms with E-state index in [4.69, 9.17) is 5.73 Å². The fourth-order valence-corrected chi connectivity index (χ4v) is 4.84. The summed E-state index contributed by atoms with van der Waals surface area (Å²) in [4.78, 5) is 3.96. The summed E-state index contributed by atoms with van der Waals surface area (Å²) in [6.45, 7) is 2.79. The molecule has 2 aromatic carbocycles. The molecule has 2 aromatic rings. The van der Waals surface area contributed by atoms with Gasteiger partial charge in [-0.15, -0.1) is 11.8 Å². The number of fused-ring (bicyclic) bond motifs is 1. The Morgan fingerprint density at radius 3 is 2.67 bits per heavy atom. The van der Waals surface area contributed by atoms with Gasteiger partial charge in [-0.25, -0.2) is 0 Å². The second-order valence-electron chi connectivity index (χ2n) is 5.26. The van der Waals surface area contributed by atoms with Crippen molar-refractivity contribution in [3.63, 3.8) is 0 Å². The zero-order valence-corrected chi connectivity index (χ0v) is 14.0. The molecule has 3 rings (SSSR count). The van der Waals surface area contributed by atoms with Crippen LogP contribution in [-0.2, 0) is 19.4 Å². The molecule has 3 heteroatoms. The average molecular weight is 316 g/mol. The molecule has 0 saturated heterocycles. The smallest absolute Gasteiger partial charge is 0.0200 e. The lowest BCUT2D eigenvalue weighted by Crippen LogP contribution is -2.00. The second kappa shape index (κ2) is 6.91. The van der Waals surface area contributed by atoms with Gasteiger partial charge in [-0.1, -0.05) is 30.8 Å². The molecule has 0 heterocycles. The average Bonchev–Trinajstić information content (AvgIpc) is 2.95. The van der Waals surface area contributed by atoms with Crippen molar-refractivity contribution in [3.05, 3.63) is 53.1 Å². The van der Waals surface area contributed by atoms with Crippen LogP contribution >= 0.6 is 23.5 Å². The minimum Gasteiger partial charge on any atom is -0.326 e.